The maximum absolute atomic E-state index is 11.4. The van der Waals surface area contributed by atoms with Crippen LogP contribution in [0.5, 0.6) is 0 Å². The van der Waals surface area contributed by atoms with E-state index in [0.717, 1.165) is 12.3 Å². The Kier molecular flexibility index (Phi) is 6.31. The monoisotopic (exact) mass is 248 g/mol. The molecule has 0 aromatic heterocycles. The standard InChI is InChI=1S/C11H24N2O2S/c1-12-9-10-16(14,15)13-8-4-7-11-5-2-3-6-11/h11-13H,2-10H2,1H3. The van der Waals surface area contributed by atoms with Crippen LogP contribution in [0.15, 0.2) is 0 Å². The first kappa shape index (κ1) is 13.9. The summed E-state index contributed by atoms with van der Waals surface area (Å²) in [5, 5.41) is 2.84. The molecule has 0 radical (unpaired) electrons. The van der Waals surface area contributed by atoms with Crippen molar-refractivity contribution in [2.24, 2.45) is 5.92 Å². The molecular weight excluding hydrogens is 224 g/mol. The van der Waals surface area contributed by atoms with Gasteiger partial charge >= 0.3 is 0 Å². The van der Waals surface area contributed by atoms with Crippen molar-refractivity contribution in [2.45, 2.75) is 38.5 Å². The molecule has 5 heteroatoms. The summed E-state index contributed by atoms with van der Waals surface area (Å²) in [4.78, 5) is 0. The number of rotatable bonds is 8. The molecule has 96 valence electrons. The highest BCUT2D eigenvalue weighted by Gasteiger charge is 2.14. The van der Waals surface area contributed by atoms with Crippen LogP contribution in [0, 0.1) is 5.92 Å². The molecule has 16 heavy (non-hydrogen) atoms. The summed E-state index contributed by atoms with van der Waals surface area (Å²) in [5.74, 6) is 1.02. The highest BCUT2D eigenvalue weighted by Crippen LogP contribution is 2.28. The van der Waals surface area contributed by atoms with Gasteiger partial charge in [-0.2, -0.15) is 0 Å². The summed E-state index contributed by atoms with van der Waals surface area (Å²) in [7, 11) is -1.29. The lowest BCUT2D eigenvalue weighted by molar-refractivity contribution is 0.480. The van der Waals surface area contributed by atoms with Crippen LogP contribution in [0.2, 0.25) is 0 Å². The van der Waals surface area contributed by atoms with Crippen LogP contribution >= 0.6 is 0 Å². The smallest absolute Gasteiger partial charge is 0.212 e. The van der Waals surface area contributed by atoms with Crippen molar-refractivity contribution in [3.05, 3.63) is 0 Å². The van der Waals surface area contributed by atoms with Gasteiger partial charge in [0, 0.05) is 13.1 Å². The largest absolute Gasteiger partial charge is 0.319 e. The quantitative estimate of drug-likeness (QED) is 0.632. The molecule has 1 saturated carbocycles. The Hall–Kier alpha value is -0.130. The molecule has 1 fully saturated rings. The summed E-state index contributed by atoms with van der Waals surface area (Å²) < 4.78 is 25.5. The van der Waals surface area contributed by atoms with Gasteiger partial charge < -0.3 is 5.32 Å². The topological polar surface area (TPSA) is 58.2 Å². The molecule has 0 bridgehead atoms. The highest BCUT2D eigenvalue weighted by molar-refractivity contribution is 7.89. The molecule has 0 atom stereocenters. The zero-order chi connectivity index (χ0) is 11.9. The van der Waals surface area contributed by atoms with Crippen LogP contribution in [-0.4, -0.2) is 34.3 Å². The van der Waals surface area contributed by atoms with Gasteiger partial charge in [0.25, 0.3) is 0 Å². The Balaban J connectivity index is 2.05. The molecule has 1 aliphatic rings. The van der Waals surface area contributed by atoms with Gasteiger partial charge in [0.1, 0.15) is 0 Å². The maximum atomic E-state index is 11.4. The Morgan fingerprint density at radius 2 is 1.88 bits per heavy atom. The van der Waals surface area contributed by atoms with Crippen LogP contribution in [0.3, 0.4) is 0 Å². The molecule has 1 rings (SSSR count). The van der Waals surface area contributed by atoms with Gasteiger partial charge in [-0.15, -0.1) is 0 Å². The van der Waals surface area contributed by atoms with Crippen LogP contribution in [-0.2, 0) is 10.0 Å². The van der Waals surface area contributed by atoms with E-state index in [1.165, 1.54) is 32.1 Å². The van der Waals surface area contributed by atoms with Crippen molar-refractivity contribution in [1.82, 2.24) is 10.0 Å². The van der Waals surface area contributed by atoms with E-state index in [1.807, 2.05) is 0 Å². The van der Waals surface area contributed by atoms with Crippen molar-refractivity contribution < 1.29 is 8.42 Å². The zero-order valence-corrected chi connectivity index (χ0v) is 11.0. The van der Waals surface area contributed by atoms with Gasteiger partial charge in [0.15, 0.2) is 0 Å². The third-order valence-corrected chi connectivity index (χ3v) is 4.59. The first-order chi connectivity index (χ1) is 7.64. The number of hydrogen-bond acceptors (Lipinski definition) is 3. The van der Waals surface area contributed by atoms with E-state index in [-0.39, 0.29) is 5.75 Å². The molecule has 0 aromatic rings. The van der Waals surface area contributed by atoms with E-state index in [0.29, 0.717) is 13.1 Å². The minimum absolute atomic E-state index is 0.174. The molecule has 4 nitrogen and oxygen atoms in total. The van der Waals surface area contributed by atoms with Crippen LogP contribution in [0.25, 0.3) is 0 Å². The zero-order valence-electron chi connectivity index (χ0n) is 10.2. The lowest BCUT2D eigenvalue weighted by Crippen LogP contribution is -2.31. The lowest BCUT2D eigenvalue weighted by atomic mass is 10.0. The van der Waals surface area contributed by atoms with E-state index in [1.54, 1.807) is 7.05 Å². The first-order valence-electron chi connectivity index (χ1n) is 6.26. The Bertz CT molecular complexity index is 272. The molecule has 0 amide bonds. The average Bonchev–Trinajstić information content (AvgIpc) is 2.75. The van der Waals surface area contributed by atoms with Crippen molar-refractivity contribution in [2.75, 3.05) is 25.9 Å². The number of nitrogens with one attached hydrogen (secondary N) is 2. The fourth-order valence-electron chi connectivity index (χ4n) is 2.23. The van der Waals surface area contributed by atoms with Crippen molar-refractivity contribution in [3.63, 3.8) is 0 Å². The summed E-state index contributed by atoms with van der Waals surface area (Å²) in [5.41, 5.74) is 0. The van der Waals surface area contributed by atoms with E-state index in [2.05, 4.69) is 10.0 Å². The molecule has 0 spiro atoms. The number of hydrogen-bond donors (Lipinski definition) is 2. The predicted octanol–water partition coefficient (Wildman–Crippen LogP) is 1.10. The van der Waals surface area contributed by atoms with Gasteiger partial charge in [0.05, 0.1) is 5.75 Å². The van der Waals surface area contributed by atoms with E-state index in [9.17, 15) is 8.42 Å². The SMILES string of the molecule is CNCCS(=O)(=O)NCCCC1CCCC1. The summed E-state index contributed by atoms with van der Waals surface area (Å²) in [6.45, 7) is 1.11. The van der Waals surface area contributed by atoms with E-state index in [4.69, 9.17) is 0 Å². The van der Waals surface area contributed by atoms with Crippen molar-refractivity contribution >= 4 is 10.0 Å². The summed E-state index contributed by atoms with van der Waals surface area (Å²) >= 11 is 0. The van der Waals surface area contributed by atoms with Crippen LogP contribution in [0.4, 0.5) is 0 Å². The lowest BCUT2D eigenvalue weighted by Gasteiger charge is -2.09. The Morgan fingerprint density at radius 3 is 2.50 bits per heavy atom. The Morgan fingerprint density at radius 1 is 1.19 bits per heavy atom. The second-order valence-corrected chi connectivity index (χ2v) is 6.54. The van der Waals surface area contributed by atoms with Crippen molar-refractivity contribution in [3.8, 4) is 0 Å². The second kappa shape index (κ2) is 7.25. The predicted molar refractivity (Wildman–Crippen MR) is 66.9 cm³/mol. The van der Waals surface area contributed by atoms with E-state index < -0.39 is 10.0 Å². The molecule has 1 aliphatic carbocycles. The minimum Gasteiger partial charge on any atom is -0.319 e. The second-order valence-electron chi connectivity index (χ2n) is 4.61. The molecule has 0 unspecified atom stereocenters. The molecule has 2 N–H and O–H groups in total. The molecule has 0 aromatic carbocycles. The summed E-state index contributed by atoms with van der Waals surface area (Å²) in [6.07, 6.45) is 7.55. The van der Waals surface area contributed by atoms with Crippen LogP contribution < -0.4 is 10.0 Å². The van der Waals surface area contributed by atoms with Crippen molar-refractivity contribution in [1.29, 1.82) is 0 Å². The van der Waals surface area contributed by atoms with Crippen LogP contribution in [0.1, 0.15) is 38.5 Å². The van der Waals surface area contributed by atoms with Gasteiger partial charge in [-0.05, 0) is 25.8 Å². The number of sulfonamides is 1. The third kappa shape index (κ3) is 5.82. The molecule has 0 aliphatic heterocycles. The van der Waals surface area contributed by atoms with Gasteiger partial charge in [-0.3, -0.25) is 0 Å². The fraction of sp³-hybridized carbons (Fsp3) is 1.00. The fourth-order valence-corrected chi connectivity index (χ4v) is 3.30. The van der Waals surface area contributed by atoms with Gasteiger partial charge in [-0.1, -0.05) is 25.7 Å². The first-order valence-corrected chi connectivity index (χ1v) is 7.91. The van der Waals surface area contributed by atoms with Gasteiger partial charge in [0.2, 0.25) is 10.0 Å². The highest BCUT2D eigenvalue weighted by atomic mass is 32.2. The summed E-state index contributed by atoms with van der Waals surface area (Å²) in [6, 6.07) is 0. The molecule has 0 heterocycles. The third-order valence-electron chi connectivity index (χ3n) is 3.21. The maximum Gasteiger partial charge on any atom is 0.212 e. The average molecular weight is 248 g/mol. The normalized spacial score (nSPS) is 18.1. The van der Waals surface area contributed by atoms with Gasteiger partial charge in [-0.25, -0.2) is 13.1 Å². The van der Waals surface area contributed by atoms with E-state index >= 15 is 0 Å². The molecular formula is C11H24N2O2S. The molecule has 0 saturated heterocycles. The Labute approximate surface area is 99.2 Å². The minimum atomic E-state index is -3.05.